The van der Waals surface area contributed by atoms with Crippen molar-refractivity contribution in [1.29, 1.82) is 0 Å². The van der Waals surface area contributed by atoms with Gasteiger partial charge in [0.1, 0.15) is 0 Å². The maximum atomic E-state index is 11.8. The largest absolute Gasteiger partial charge is 0.481 e. The normalized spacial score (nSPS) is 19.3. The van der Waals surface area contributed by atoms with Crippen LogP contribution >= 0.6 is 0 Å². The van der Waals surface area contributed by atoms with Gasteiger partial charge in [0.2, 0.25) is 0 Å². The van der Waals surface area contributed by atoms with Crippen molar-refractivity contribution in [3.05, 3.63) is 0 Å². The van der Waals surface area contributed by atoms with E-state index in [1.54, 1.807) is 4.90 Å². The number of carbonyl (C=O) groups is 2. The van der Waals surface area contributed by atoms with Crippen LogP contribution in [0.25, 0.3) is 0 Å². The third-order valence-electron chi connectivity index (χ3n) is 4.10. The molecule has 2 unspecified atom stereocenters. The number of urea groups is 1. The summed E-state index contributed by atoms with van der Waals surface area (Å²) in [5.41, 5.74) is 0. The van der Waals surface area contributed by atoms with Crippen molar-refractivity contribution in [3.8, 4) is 0 Å². The number of aliphatic hydroxyl groups excluding tert-OH is 1. The highest BCUT2D eigenvalue weighted by atomic mass is 16.4. The van der Waals surface area contributed by atoms with Crippen molar-refractivity contribution >= 4 is 12.0 Å². The maximum Gasteiger partial charge on any atom is 0.317 e. The third kappa shape index (κ3) is 7.64. The Morgan fingerprint density at radius 1 is 1.32 bits per heavy atom. The number of hydrogen-bond acceptors (Lipinski definition) is 3. The highest BCUT2D eigenvalue weighted by Gasteiger charge is 2.27. The van der Waals surface area contributed by atoms with Crippen molar-refractivity contribution < 1.29 is 19.8 Å². The van der Waals surface area contributed by atoms with Gasteiger partial charge in [0.25, 0.3) is 0 Å². The molecule has 0 saturated carbocycles. The average molecular weight is 314 g/mol. The van der Waals surface area contributed by atoms with Gasteiger partial charge in [-0.25, -0.2) is 4.79 Å². The summed E-state index contributed by atoms with van der Waals surface area (Å²) in [6.07, 6.45) is 6.93. The second-order valence-electron chi connectivity index (χ2n) is 6.17. The van der Waals surface area contributed by atoms with Crippen LogP contribution in [-0.4, -0.2) is 52.3 Å². The summed E-state index contributed by atoms with van der Waals surface area (Å²) in [6, 6.07) is 0.162. The number of unbranched alkanes of at least 4 members (excludes halogenated alkanes) is 3. The van der Waals surface area contributed by atoms with Crippen molar-refractivity contribution in [2.45, 2.75) is 76.9 Å². The zero-order valence-corrected chi connectivity index (χ0v) is 13.6. The van der Waals surface area contributed by atoms with Gasteiger partial charge in [-0.2, -0.15) is 0 Å². The SMILES string of the molecule is CCCC(O)CCN1CC(CCCCCCC(=O)O)NC1=O. The molecule has 128 valence electrons. The van der Waals surface area contributed by atoms with Gasteiger partial charge in [-0.1, -0.05) is 32.6 Å². The lowest BCUT2D eigenvalue weighted by Gasteiger charge is -2.17. The number of nitrogens with zero attached hydrogens (tertiary/aromatic N) is 1. The first-order valence-electron chi connectivity index (χ1n) is 8.48. The second-order valence-corrected chi connectivity index (χ2v) is 6.17. The summed E-state index contributed by atoms with van der Waals surface area (Å²) in [7, 11) is 0. The van der Waals surface area contributed by atoms with Crippen molar-refractivity contribution in [2.75, 3.05) is 13.1 Å². The van der Waals surface area contributed by atoms with E-state index in [1.165, 1.54) is 0 Å². The van der Waals surface area contributed by atoms with Crippen LogP contribution in [0.2, 0.25) is 0 Å². The van der Waals surface area contributed by atoms with E-state index < -0.39 is 5.97 Å². The molecule has 1 aliphatic rings. The topological polar surface area (TPSA) is 89.9 Å². The Morgan fingerprint density at radius 3 is 2.73 bits per heavy atom. The highest BCUT2D eigenvalue weighted by molar-refractivity contribution is 5.76. The van der Waals surface area contributed by atoms with Crippen LogP contribution in [0.3, 0.4) is 0 Å². The molecule has 6 heteroatoms. The lowest BCUT2D eigenvalue weighted by Crippen LogP contribution is -2.31. The van der Waals surface area contributed by atoms with Crippen LogP contribution in [0, 0.1) is 0 Å². The quantitative estimate of drug-likeness (QED) is 0.482. The van der Waals surface area contributed by atoms with Crippen LogP contribution in [-0.2, 0) is 4.79 Å². The smallest absolute Gasteiger partial charge is 0.317 e. The molecule has 0 aliphatic carbocycles. The van der Waals surface area contributed by atoms with E-state index >= 15 is 0 Å². The molecule has 1 fully saturated rings. The van der Waals surface area contributed by atoms with Gasteiger partial charge in [-0.05, 0) is 25.7 Å². The molecule has 1 rings (SSSR count). The summed E-state index contributed by atoms with van der Waals surface area (Å²) >= 11 is 0. The lowest BCUT2D eigenvalue weighted by molar-refractivity contribution is -0.137. The minimum atomic E-state index is -0.732. The molecule has 0 aromatic heterocycles. The van der Waals surface area contributed by atoms with Crippen LogP contribution in [0.5, 0.6) is 0 Å². The molecule has 0 aromatic carbocycles. The Hall–Kier alpha value is -1.30. The molecule has 1 heterocycles. The average Bonchev–Trinajstić information content (AvgIpc) is 2.81. The van der Waals surface area contributed by atoms with Gasteiger partial charge in [0, 0.05) is 25.6 Å². The molecule has 3 N–H and O–H groups in total. The van der Waals surface area contributed by atoms with E-state index in [9.17, 15) is 14.7 Å². The van der Waals surface area contributed by atoms with Gasteiger partial charge in [-0.15, -0.1) is 0 Å². The van der Waals surface area contributed by atoms with Gasteiger partial charge >= 0.3 is 12.0 Å². The molecule has 1 aliphatic heterocycles. The standard InChI is InChI=1S/C16H30N2O4/c1-2-7-14(19)10-11-18-12-13(17-16(18)22)8-5-3-4-6-9-15(20)21/h13-14,19H,2-12H2,1H3,(H,17,22)(H,20,21). The number of hydrogen-bond donors (Lipinski definition) is 3. The van der Waals surface area contributed by atoms with E-state index in [0.717, 1.165) is 44.9 Å². The van der Waals surface area contributed by atoms with E-state index in [1.807, 2.05) is 6.92 Å². The zero-order chi connectivity index (χ0) is 16.4. The fraction of sp³-hybridized carbons (Fsp3) is 0.875. The van der Waals surface area contributed by atoms with Crippen LogP contribution in [0.15, 0.2) is 0 Å². The third-order valence-corrected chi connectivity index (χ3v) is 4.10. The predicted octanol–water partition coefficient (Wildman–Crippen LogP) is 2.36. The summed E-state index contributed by atoms with van der Waals surface area (Å²) in [5, 5.41) is 21.3. The van der Waals surface area contributed by atoms with Crippen molar-refractivity contribution in [2.24, 2.45) is 0 Å². The summed E-state index contributed by atoms with van der Waals surface area (Å²) < 4.78 is 0. The monoisotopic (exact) mass is 314 g/mol. The van der Waals surface area contributed by atoms with Gasteiger partial charge in [0.15, 0.2) is 0 Å². The van der Waals surface area contributed by atoms with Crippen molar-refractivity contribution in [1.82, 2.24) is 10.2 Å². The molecule has 22 heavy (non-hydrogen) atoms. The molecular formula is C16H30N2O4. The molecule has 0 bridgehead atoms. The number of rotatable bonds is 12. The number of carboxylic acid groups (broad SMARTS) is 1. The first-order valence-corrected chi connectivity index (χ1v) is 8.48. The minimum absolute atomic E-state index is 0.0282. The van der Waals surface area contributed by atoms with Gasteiger partial charge in [0.05, 0.1) is 6.10 Å². The molecule has 6 nitrogen and oxygen atoms in total. The first kappa shape index (κ1) is 18.7. The summed E-state index contributed by atoms with van der Waals surface area (Å²) in [6.45, 7) is 3.37. The Bertz CT molecular complexity index is 349. The van der Waals surface area contributed by atoms with Crippen LogP contribution < -0.4 is 5.32 Å². The number of carbonyl (C=O) groups excluding carboxylic acids is 1. The Morgan fingerprint density at radius 2 is 2.05 bits per heavy atom. The number of aliphatic hydroxyl groups is 1. The van der Waals surface area contributed by atoms with E-state index in [-0.39, 0.29) is 24.6 Å². The Labute approximate surface area is 132 Å². The number of carboxylic acids is 1. The molecule has 0 aromatic rings. The van der Waals surface area contributed by atoms with E-state index in [2.05, 4.69) is 5.32 Å². The fourth-order valence-electron chi connectivity index (χ4n) is 2.82. The molecule has 0 radical (unpaired) electrons. The van der Waals surface area contributed by atoms with Crippen molar-refractivity contribution in [3.63, 3.8) is 0 Å². The molecule has 2 atom stereocenters. The molecular weight excluding hydrogens is 284 g/mol. The molecule has 0 spiro atoms. The number of amides is 2. The zero-order valence-electron chi connectivity index (χ0n) is 13.6. The van der Waals surface area contributed by atoms with Crippen LogP contribution in [0.4, 0.5) is 4.79 Å². The first-order chi connectivity index (χ1) is 10.5. The number of aliphatic carboxylic acids is 1. The van der Waals surface area contributed by atoms with Gasteiger partial charge in [-0.3, -0.25) is 4.79 Å². The maximum absolute atomic E-state index is 11.8. The summed E-state index contributed by atoms with van der Waals surface area (Å²) in [4.78, 5) is 24.0. The van der Waals surface area contributed by atoms with Crippen LogP contribution in [0.1, 0.15) is 64.7 Å². The second kappa shape index (κ2) is 10.4. The highest BCUT2D eigenvalue weighted by Crippen LogP contribution is 2.14. The number of nitrogens with one attached hydrogen (secondary N) is 1. The fourth-order valence-corrected chi connectivity index (χ4v) is 2.82. The van der Waals surface area contributed by atoms with E-state index in [0.29, 0.717) is 19.5 Å². The summed E-state index contributed by atoms with van der Waals surface area (Å²) in [5.74, 6) is -0.732. The lowest BCUT2D eigenvalue weighted by atomic mass is 10.1. The predicted molar refractivity (Wildman–Crippen MR) is 84.8 cm³/mol. The Kier molecular flexibility index (Phi) is 8.89. The molecule has 1 saturated heterocycles. The Balaban J connectivity index is 2.10. The molecule has 2 amide bonds. The van der Waals surface area contributed by atoms with E-state index in [4.69, 9.17) is 5.11 Å². The van der Waals surface area contributed by atoms with Gasteiger partial charge < -0.3 is 20.4 Å². The minimum Gasteiger partial charge on any atom is -0.481 e.